The van der Waals surface area contributed by atoms with Crippen LogP contribution in [0.15, 0.2) is 23.6 Å². The summed E-state index contributed by atoms with van der Waals surface area (Å²) in [6.07, 6.45) is 0. The molecule has 96 valence electrons. The molecule has 1 aliphatic heterocycles. The highest BCUT2D eigenvalue weighted by Gasteiger charge is 2.16. The number of benzene rings is 1. The second kappa shape index (κ2) is 4.15. The number of thiophene rings is 1. The van der Waals surface area contributed by atoms with E-state index in [1.165, 1.54) is 0 Å². The maximum atomic E-state index is 6.13. The molecule has 19 heavy (non-hydrogen) atoms. The highest BCUT2D eigenvalue weighted by molar-refractivity contribution is 7.14. The molecule has 4 rings (SSSR count). The second-order valence-corrected chi connectivity index (χ2v) is 5.52. The molecule has 0 atom stereocenters. The van der Waals surface area contributed by atoms with Crippen molar-refractivity contribution in [3.8, 4) is 22.2 Å². The third-order valence-corrected chi connectivity index (χ3v) is 4.33. The van der Waals surface area contributed by atoms with Gasteiger partial charge in [-0.3, -0.25) is 0 Å². The van der Waals surface area contributed by atoms with Crippen LogP contribution in [0, 0.1) is 0 Å². The third kappa shape index (κ3) is 1.77. The Morgan fingerprint density at radius 2 is 2.00 bits per heavy atom. The topological polar surface area (TPSA) is 47.1 Å². The summed E-state index contributed by atoms with van der Waals surface area (Å²) in [5, 5.41) is 2.66. The van der Waals surface area contributed by atoms with Crippen LogP contribution in [0.3, 0.4) is 0 Å². The number of hydrogen-bond donors (Lipinski definition) is 1. The van der Waals surface area contributed by atoms with Gasteiger partial charge in [0, 0.05) is 12.1 Å². The number of fused-ring (bicyclic) bond motifs is 2. The molecule has 0 unspecified atom stereocenters. The minimum absolute atomic E-state index is 0.576. The van der Waals surface area contributed by atoms with Crippen LogP contribution in [0.2, 0.25) is 5.02 Å². The number of ether oxygens (including phenoxy) is 2. The number of halogens is 1. The minimum Gasteiger partial charge on any atom is -0.486 e. The summed E-state index contributed by atoms with van der Waals surface area (Å²) in [6.45, 7) is 1.16. The van der Waals surface area contributed by atoms with Crippen LogP contribution in [0.4, 0.5) is 0 Å². The van der Waals surface area contributed by atoms with Gasteiger partial charge in [0.2, 0.25) is 0 Å². The van der Waals surface area contributed by atoms with Crippen molar-refractivity contribution in [3.63, 3.8) is 0 Å². The average Bonchev–Trinajstić information content (AvgIpc) is 3.01. The number of aromatic amines is 1. The Labute approximate surface area is 117 Å². The molecule has 0 bridgehead atoms. The van der Waals surface area contributed by atoms with Crippen molar-refractivity contribution < 1.29 is 9.47 Å². The van der Waals surface area contributed by atoms with Crippen LogP contribution in [-0.4, -0.2) is 23.2 Å². The van der Waals surface area contributed by atoms with Crippen molar-refractivity contribution in [2.75, 3.05) is 13.2 Å². The van der Waals surface area contributed by atoms with E-state index in [9.17, 15) is 0 Å². The van der Waals surface area contributed by atoms with Crippen molar-refractivity contribution in [3.05, 3.63) is 28.6 Å². The summed E-state index contributed by atoms with van der Waals surface area (Å²) < 4.78 is 11.1. The van der Waals surface area contributed by atoms with Crippen molar-refractivity contribution in [2.45, 2.75) is 0 Å². The molecule has 0 saturated carbocycles. The first kappa shape index (κ1) is 11.1. The number of nitrogens with one attached hydrogen (secondary N) is 1. The summed E-state index contributed by atoms with van der Waals surface area (Å²) in [5.41, 5.74) is 1.77. The molecule has 0 aliphatic carbocycles. The fourth-order valence-electron chi connectivity index (χ4n) is 2.12. The van der Waals surface area contributed by atoms with Crippen LogP contribution < -0.4 is 9.47 Å². The summed E-state index contributed by atoms with van der Waals surface area (Å²) in [4.78, 5) is 8.77. The van der Waals surface area contributed by atoms with Crippen molar-refractivity contribution in [1.29, 1.82) is 0 Å². The van der Waals surface area contributed by atoms with Crippen LogP contribution in [-0.2, 0) is 0 Å². The molecule has 2 aromatic heterocycles. The van der Waals surface area contributed by atoms with Gasteiger partial charge in [0.1, 0.15) is 19.0 Å². The number of aromatic nitrogens is 2. The summed E-state index contributed by atoms with van der Waals surface area (Å²) >= 11 is 7.69. The Balaban J connectivity index is 1.90. The Kier molecular flexibility index (Phi) is 2.43. The predicted molar refractivity (Wildman–Crippen MR) is 75.4 cm³/mol. The van der Waals surface area contributed by atoms with E-state index in [1.807, 2.05) is 23.6 Å². The van der Waals surface area contributed by atoms with Crippen LogP contribution in [0.5, 0.6) is 11.5 Å². The van der Waals surface area contributed by atoms with Gasteiger partial charge < -0.3 is 14.5 Å². The quantitative estimate of drug-likeness (QED) is 0.743. The van der Waals surface area contributed by atoms with Crippen molar-refractivity contribution >= 4 is 34.0 Å². The van der Waals surface area contributed by atoms with Crippen molar-refractivity contribution in [2.24, 2.45) is 0 Å². The first-order valence-electron chi connectivity index (χ1n) is 5.84. The molecule has 1 aromatic carbocycles. The molecule has 1 aliphatic rings. The normalized spacial score (nSPS) is 13.9. The zero-order chi connectivity index (χ0) is 12.8. The number of nitrogens with zero attached hydrogens (tertiary/aromatic N) is 1. The fraction of sp³-hybridized carbons (Fsp3) is 0.154. The lowest BCUT2D eigenvalue weighted by atomic mass is 10.2. The standard InChI is InChI=1S/C13H9ClN2O2S/c14-7-1-4-19-12(7)13-15-8-5-10-11(6-9(8)16-13)18-3-2-17-10/h1,4-6H,2-3H2,(H,15,16). The number of rotatable bonds is 1. The number of hydrogen-bond acceptors (Lipinski definition) is 4. The number of imidazole rings is 1. The fourth-order valence-corrected chi connectivity index (χ4v) is 3.21. The summed E-state index contributed by atoms with van der Waals surface area (Å²) in [6, 6.07) is 5.68. The van der Waals surface area contributed by atoms with Gasteiger partial charge in [0.05, 0.1) is 20.9 Å². The van der Waals surface area contributed by atoms with E-state index >= 15 is 0 Å². The maximum absolute atomic E-state index is 6.13. The van der Waals surface area contributed by atoms with E-state index in [0.29, 0.717) is 18.2 Å². The minimum atomic E-state index is 0.576. The van der Waals surface area contributed by atoms with Gasteiger partial charge in [-0.2, -0.15) is 0 Å². The van der Waals surface area contributed by atoms with E-state index in [4.69, 9.17) is 21.1 Å². The SMILES string of the molecule is Clc1ccsc1-c1nc2cc3c(cc2[nH]1)OCCO3. The van der Waals surface area contributed by atoms with E-state index in [0.717, 1.165) is 33.2 Å². The third-order valence-electron chi connectivity index (χ3n) is 2.98. The lowest BCUT2D eigenvalue weighted by Crippen LogP contribution is -2.15. The van der Waals surface area contributed by atoms with Gasteiger partial charge in [-0.1, -0.05) is 11.6 Å². The molecule has 0 spiro atoms. The van der Waals surface area contributed by atoms with Gasteiger partial charge in [-0.15, -0.1) is 11.3 Å². The average molecular weight is 293 g/mol. The smallest absolute Gasteiger partial charge is 0.163 e. The molecule has 1 N–H and O–H groups in total. The first-order chi connectivity index (χ1) is 9.31. The Morgan fingerprint density at radius 3 is 2.74 bits per heavy atom. The van der Waals surface area contributed by atoms with E-state index < -0.39 is 0 Å². The Bertz CT molecular complexity index is 722. The van der Waals surface area contributed by atoms with Gasteiger partial charge in [-0.25, -0.2) is 4.98 Å². The second-order valence-electron chi connectivity index (χ2n) is 4.20. The molecule has 3 heterocycles. The lowest BCUT2D eigenvalue weighted by molar-refractivity contribution is 0.172. The lowest BCUT2D eigenvalue weighted by Gasteiger charge is -2.17. The molecule has 0 amide bonds. The Hall–Kier alpha value is -1.72. The molecule has 4 nitrogen and oxygen atoms in total. The van der Waals surface area contributed by atoms with E-state index in [1.54, 1.807) is 11.3 Å². The van der Waals surface area contributed by atoms with Gasteiger partial charge in [0.15, 0.2) is 11.5 Å². The Morgan fingerprint density at radius 1 is 1.21 bits per heavy atom. The van der Waals surface area contributed by atoms with Crippen LogP contribution in [0.1, 0.15) is 0 Å². The van der Waals surface area contributed by atoms with Gasteiger partial charge >= 0.3 is 0 Å². The molecular formula is C13H9ClN2O2S. The van der Waals surface area contributed by atoms with E-state index in [2.05, 4.69) is 9.97 Å². The largest absolute Gasteiger partial charge is 0.486 e. The van der Waals surface area contributed by atoms with Crippen molar-refractivity contribution in [1.82, 2.24) is 9.97 Å². The molecule has 6 heteroatoms. The highest BCUT2D eigenvalue weighted by Crippen LogP contribution is 2.37. The van der Waals surface area contributed by atoms with Gasteiger partial charge in [0.25, 0.3) is 0 Å². The van der Waals surface area contributed by atoms with E-state index in [-0.39, 0.29) is 0 Å². The zero-order valence-corrected chi connectivity index (χ0v) is 11.3. The number of H-pyrrole nitrogens is 1. The molecule has 0 fully saturated rings. The van der Waals surface area contributed by atoms with Crippen LogP contribution in [0.25, 0.3) is 21.7 Å². The molecule has 0 saturated heterocycles. The molecule has 0 radical (unpaired) electrons. The monoisotopic (exact) mass is 292 g/mol. The molecular weight excluding hydrogens is 284 g/mol. The summed E-state index contributed by atoms with van der Waals surface area (Å²) in [5.74, 6) is 2.28. The summed E-state index contributed by atoms with van der Waals surface area (Å²) in [7, 11) is 0. The highest BCUT2D eigenvalue weighted by atomic mass is 35.5. The predicted octanol–water partition coefficient (Wildman–Crippen LogP) is 3.72. The van der Waals surface area contributed by atoms with Gasteiger partial charge in [-0.05, 0) is 11.4 Å². The first-order valence-corrected chi connectivity index (χ1v) is 7.10. The maximum Gasteiger partial charge on any atom is 0.163 e. The zero-order valence-electron chi connectivity index (χ0n) is 9.77. The van der Waals surface area contributed by atoms with Crippen LogP contribution >= 0.6 is 22.9 Å². The molecule has 3 aromatic rings.